The fraction of sp³-hybridized carbons (Fsp3) is 0.364. The number of nitrogens with zero attached hydrogens (tertiary/aromatic N) is 4. The number of nitrogens with one attached hydrogen (secondary N) is 1. The molecule has 1 aromatic carbocycles. The molecular weight excluding hydrogens is 398 g/mol. The van der Waals surface area contributed by atoms with Gasteiger partial charge in [-0.15, -0.1) is 21.5 Å². The summed E-state index contributed by atoms with van der Waals surface area (Å²) in [4.78, 5) is 17.2. The average molecular weight is 422 g/mol. The van der Waals surface area contributed by atoms with E-state index in [-0.39, 0.29) is 5.91 Å². The van der Waals surface area contributed by atoms with Crippen molar-refractivity contribution >= 4 is 28.1 Å². The van der Waals surface area contributed by atoms with Gasteiger partial charge in [0.15, 0.2) is 0 Å². The van der Waals surface area contributed by atoms with E-state index in [0.717, 1.165) is 42.4 Å². The molecule has 30 heavy (non-hydrogen) atoms. The zero-order valence-corrected chi connectivity index (χ0v) is 17.6. The summed E-state index contributed by atoms with van der Waals surface area (Å²) in [5.41, 5.74) is 2.69. The Hall–Kier alpha value is -3.00. The summed E-state index contributed by atoms with van der Waals surface area (Å²) in [5, 5.41) is 14.9. The van der Waals surface area contributed by atoms with Gasteiger partial charge in [-0.05, 0) is 31.4 Å². The van der Waals surface area contributed by atoms with Gasteiger partial charge in [0.1, 0.15) is 10.7 Å². The van der Waals surface area contributed by atoms with Crippen LogP contribution in [0.3, 0.4) is 0 Å². The first-order valence-electron chi connectivity index (χ1n) is 10.4. The molecule has 0 unspecified atom stereocenters. The highest BCUT2D eigenvalue weighted by molar-refractivity contribution is 7.13. The fourth-order valence-electron chi connectivity index (χ4n) is 3.58. The fourth-order valence-corrected chi connectivity index (χ4v) is 4.41. The Labute approximate surface area is 178 Å². The summed E-state index contributed by atoms with van der Waals surface area (Å²) in [6, 6.07) is 10.5. The predicted molar refractivity (Wildman–Crippen MR) is 116 cm³/mol. The third kappa shape index (κ3) is 3.75. The second-order valence-electron chi connectivity index (χ2n) is 7.59. The molecule has 1 aliphatic rings. The summed E-state index contributed by atoms with van der Waals surface area (Å²) in [7, 11) is 0. The average Bonchev–Trinajstić information content (AvgIpc) is 3.16. The minimum atomic E-state index is -0.183. The van der Waals surface area contributed by atoms with Crippen molar-refractivity contribution in [3.8, 4) is 10.7 Å². The first kappa shape index (κ1) is 19.0. The Bertz CT molecular complexity index is 1190. The van der Waals surface area contributed by atoms with Gasteiger partial charge in [-0.2, -0.15) is 0 Å². The molecular formula is C22H23N5O2S. The normalized spacial score (nSPS) is 13.8. The first-order chi connectivity index (χ1) is 14.7. The Kier molecular flexibility index (Phi) is 5.08. The number of aryl methyl sites for hydroxylation is 1. The summed E-state index contributed by atoms with van der Waals surface area (Å²) >= 11 is 1.50. The van der Waals surface area contributed by atoms with Crippen molar-refractivity contribution in [1.82, 2.24) is 25.1 Å². The third-order valence-electron chi connectivity index (χ3n) is 5.25. The van der Waals surface area contributed by atoms with E-state index >= 15 is 0 Å². The van der Waals surface area contributed by atoms with Crippen LogP contribution in [0.2, 0.25) is 0 Å². The molecule has 0 bridgehead atoms. The minimum Gasteiger partial charge on any atom is -0.425 e. The molecule has 0 aliphatic heterocycles. The van der Waals surface area contributed by atoms with Crippen LogP contribution in [0.4, 0.5) is 0 Å². The van der Waals surface area contributed by atoms with Crippen LogP contribution in [-0.4, -0.2) is 32.2 Å². The molecule has 5 rings (SSSR count). The summed E-state index contributed by atoms with van der Waals surface area (Å²) < 4.78 is 7.91. The van der Waals surface area contributed by atoms with Gasteiger partial charge in [-0.25, -0.2) is 4.98 Å². The maximum atomic E-state index is 12.5. The van der Waals surface area contributed by atoms with Crippen LogP contribution in [0.15, 0.2) is 40.1 Å². The molecule has 7 nitrogen and oxygen atoms in total. The van der Waals surface area contributed by atoms with Gasteiger partial charge in [-0.3, -0.25) is 4.79 Å². The van der Waals surface area contributed by atoms with E-state index in [1.807, 2.05) is 11.4 Å². The van der Waals surface area contributed by atoms with Crippen LogP contribution >= 0.6 is 11.3 Å². The topological polar surface area (TPSA) is 85.8 Å². The molecule has 3 heterocycles. The standard InChI is InChI=1S/C22H23N5O2S/c1-2-11-27-17-6-4-3-5-15(17)12-18(27)22-24-16(13-30-22)20(28)23-10-9-19-25-26-21(29-19)14-7-8-14/h3-6,12-14H,2,7-11H2,1H3,(H,23,28). The SMILES string of the molecule is CCCn1c(-c2nc(C(=O)NCCc3nnc(C4CC4)o3)cs2)cc2ccccc21. The quantitative estimate of drug-likeness (QED) is 0.455. The molecule has 1 fully saturated rings. The maximum absolute atomic E-state index is 12.5. The largest absolute Gasteiger partial charge is 0.425 e. The van der Waals surface area contributed by atoms with Crippen molar-refractivity contribution in [1.29, 1.82) is 0 Å². The zero-order chi connectivity index (χ0) is 20.5. The molecule has 0 saturated heterocycles. The van der Waals surface area contributed by atoms with Crippen LogP contribution in [-0.2, 0) is 13.0 Å². The van der Waals surface area contributed by atoms with Gasteiger partial charge in [0.2, 0.25) is 11.8 Å². The number of amides is 1. The molecule has 0 atom stereocenters. The molecule has 1 aliphatic carbocycles. The van der Waals surface area contributed by atoms with Gasteiger partial charge < -0.3 is 14.3 Å². The summed E-state index contributed by atoms with van der Waals surface area (Å²) in [6.45, 7) is 3.52. The van der Waals surface area contributed by atoms with Crippen molar-refractivity contribution in [2.75, 3.05) is 6.54 Å². The van der Waals surface area contributed by atoms with E-state index in [0.29, 0.717) is 30.5 Å². The highest BCUT2D eigenvalue weighted by atomic mass is 32.1. The molecule has 154 valence electrons. The molecule has 0 radical (unpaired) electrons. The van der Waals surface area contributed by atoms with E-state index in [9.17, 15) is 4.79 Å². The van der Waals surface area contributed by atoms with Gasteiger partial charge >= 0.3 is 0 Å². The maximum Gasteiger partial charge on any atom is 0.270 e. The van der Waals surface area contributed by atoms with Crippen LogP contribution in [0.25, 0.3) is 21.6 Å². The molecule has 1 saturated carbocycles. The smallest absolute Gasteiger partial charge is 0.270 e. The number of rotatable bonds is 8. The Morgan fingerprint density at radius 1 is 1.30 bits per heavy atom. The van der Waals surface area contributed by atoms with Crippen LogP contribution < -0.4 is 5.32 Å². The number of aromatic nitrogens is 4. The number of hydrogen-bond acceptors (Lipinski definition) is 6. The number of carbonyl (C=O) groups excluding carboxylic acids is 1. The van der Waals surface area contributed by atoms with Crippen LogP contribution in [0.5, 0.6) is 0 Å². The number of para-hydroxylation sites is 1. The number of carbonyl (C=O) groups is 1. The summed E-state index contributed by atoms with van der Waals surface area (Å²) in [6.07, 6.45) is 3.80. The second-order valence-corrected chi connectivity index (χ2v) is 8.45. The molecule has 0 spiro atoms. The zero-order valence-electron chi connectivity index (χ0n) is 16.8. The number of fused-ring (bicyclic) bond motifs is 1. The lowest BCUT2D eigenvalue weighted by Crippen LogP contribution is -2.26. The Balaban J connectivity index is 1.27. The highest BCUT2D eigenvalue weighted by Crippen LogP contribution is 2.39. The third-order valence-corrected chi connectivity index (χ3v) is 6.11. The van der Waals surface area contributed by atoms with Crippen molar-refractivity contribution in [3.63, 3.8) is 0 Å². The number of benzene rings is 1. The minimum absolute atomic E-state index is 0.183. The molecule has 4 aromatic rings. The van der Waals surface area contributed by atoms with Crippen LogP contribution in [0.1, 0.15) is 54.4 Å². The van der Waals surface area contributed by atoms with Crippen molar-refractivity contribution < 1.29 is 9.21 Å². The van der Waals surface area contributed by atoms with Crippen molar-refractivity contribution in [2.45, 2.75) is 45.1 Å². The number of hydrogen-bond donors (Lipinski definition) is 1. The lowest BCUT2D eigenvalue weighted by Gasteiger charge is -2.07. The highest BCUT2D eigenvalue weighted by Gasteiger charge is 2.29. The van der Waals surface area contributed by atoms with E-state index in [1.54, 1.807) is 0 Å². The van der Waals surface area contributed by atoms with E-state index in [2.05, 4.69) is 56.3 Å². The Morgan fingerprint density at radius 3 is 3.00 bits per heavy atom. The van der Waals surface area contributed by atoms with E-state index in [4.69, 9.17) is 4.42 Å². The van der Waals surface area contributed by atoms with Crippen LogP contribution in [0, 0.1) is 0 Å². The van der Waals surface area contributed by atoms with Gasteiger partial charge in [0.05, 0.1) is 5.69 Å². The van der Waals surface area contributed by atoms with E-state index < -0.39 is 0 Å². The molecule has 1 N–H and O–H groups in total. The molecule has 8 heteroatoms. The lowest BCUT2D eigenvalue weighted by atomic mass is 10.2. The van der Waals surface area contributed by atoms with E-state index in [1.165, 1.54) is 22.2 Å². The number of thiazole rings is 1. The first-order valence-corrected chi connectivity index (χ1v) is 11.3. The summed E-state index contributed by atoms with van der Waals surface area (Å²) in [5.74, 6) is 1.55. The van der Waals surface area contributed by atoms with Gasteiger partial charge in [0.25, 0.3) is 5.91 Å². The van der Waals surface area contributed by atoms with Crippen molar-refractivity contribution in [2.24, 2.45) is 0 Å². The lowest BCUT2D eigenvalue weighted by molar-refractivity contribution is 0.0949. The van der Waals surface area contributed by atoms with Gasteiger partial charge in [-0.1, -0.05) is 25.1 Å². The predicted octanol–water partition coefficient (Wildman–Crippen LogP) is 4.41. The molecule has 1 amide bonds. The Morgan fingerprint density at radius 2 is 2.17 bits per heavy atom. The second kappa shape index (κ2) is 8.02. The molecule has 3 aromatic heterocycles. The van der Waals surface area contributed by atoms with Crippen molar-refractivity contribution in [3.05, 3.63) is 53.2 Å². The monoisotopic (exact) mass is 421 g/mol. The van der Waals surface area contributed by atoms with Gasteiger partial charge in [0, 0.05) is 41.7 Å².